The first-order valence-corrected chi connectivity index (χ1v) is 15.5. The summed E-state index contributed by atoms with van der Waals surface area (Å²) in [6.45, 7) is 0.215. The third kappa shape index (κ3) is 4.92. The topological polar surface area (TPSA) is 115 Å². The van der Waals surface area contributed by atoms with Crippen LogP contribution in [0.1, 0.15) is 84.7 Å². The van der Waals surface area contributed by atoms with Gasteiger partial charge in [-0.1, -0.05) is 25.0 Å². The largest absolute Gasteiger partial charge is 0.392 e. The van der Waals surface area contributed by atoms with Crippen LogP contribution in [0.15, 0.2) is 42.9 Å². The Morgan fingerprint density at radius 3 is 2.64 bits per heavy atom. The van der Waals surface area contributed by atoms with Crippen LogP contribution in [0.5, 0.6) is 0 Å². The van der Waals surface area contributed by atoms with E-state index in [9.17, 15) is 18.0 Å². The van der Waals surface area contributed by atoms with Gasteiger partial charge in [0.1, 0.15) is 22.9 Å². The second-order valence-electron chi connectivity index (χ2n) is 12.6. The molecule has 3 aromatic heterocycles. The summed E-state index contributed by atoms with van der Waals surface area (Å²) in [7, 11) is 1.96. The minimum absolute atomic E-state index is 0.0179. The number of halogens is 3. The van der Waals surface area contributed by atoms with Gasteiger partial charge in [0.05, 0.1) is 17.8 Å². The Labute approximate surface area is 253 Å². The van der Waals surface area contributed by atoms with Crippen LogP contribution in [-0.2, 0) is 13.5 Å². The van der Waals surface area contributed by atoms with Gasteiger partial charge in [-0.15, -0.1) is 0 Å². The van der Waals surface area contributed by atoms with Crippen molar-refractivity contribution in [2.45, 2.75) is 75.5 Å². The van der Waals surface area contributed by atoms with Crippen LogP contribution in [0.3, 0.4) is 0 Å². The molecule has 12 heteroatoms. The molecule has 9 nitrogen and oxygen atoms in total. The van der Waals surface area contributed by atoms with E-state index in [2.05, 4.69) is 20.7 Å². The number of fused-ring (bicyclic) bond motifs is 2. The molecule has 4 aromatic rings. The fourth-order valence-electron chi connectivity index (χ4n) is 7.80. The van der Waals surface area contributed by atoms with Crippen LogP contribution in [0.25, 0.3) is 16.8 Å². The van der Waals surface area contributed by atoms with Gasteiger partial charge in [0.25, 0.3) is 5.91 Å². The van der Waals surface area contributed by atoms with E-state index in [1.165, 1.54) is 11.3 Å². The molecule has 2 aliphatic carbocycles. The van der Waals surface area contributed by atoms with Crippen LogP contribution in [0.2, 0.25) is 0 Å². The molecule has 2 fully saturated rings. The highest BCUT2D eigenvalue weighted by atomic mass is 19.4. The van der Waals surface area contributed by atoms with Gasteiger partial charge in [-0.3, -0.25) is 19.2 Å². The van der Waals surface area contributed by atoms with E-state index in [0.29, 0.717) is 22.6 Å². The molecule has 1 aromatic carbocycles. The minimum Gasteiger partial charge on any atom is -0.382 e. The maximum absolute atomic E-state index is 13.8. The zero-order chi connectivity index (χ0) is 30.6. The van der Waals surface area contributed by atoms with Crippen molar-refractivity contribution < 1.29 is 18.0 Å². The van der Waals surface area contributed by atoms with Crippen molar-refractivity contribution in [3.05, 3.63) is 65.5 Å². The molecule has 44 heavy (non-hydrogen) atoms. The first kappa shape index (κ1) is 28.8. The fourth-order valence-corrected chi connectivity index (χ4v) is 7.80. The number of carbonyl (C=O) groups is 1. The van der Waals surface area contributed by atoms with Crippen molar-refractivity contribution in [2.24, 2.45) is 18.9 Å². The van der Waals surface area contributed by atoms with E-state index in [0.717, 1.165) is 56.3 Å². The number of nitrogens with two attached hydrogens (primary N) is 1. The predicted molar refractivity (Wildman–Crippen MR) is 160 cm³/mol. The normalized spacial score (nSPS) is 24.5. The Kier molecular flexibility index (Phi) is 7.14. The number of carbonyl (C=O) groups excluding carboxylic acids is 1. The Hall–Kier alpha value is -3.93. The number of benzene rings is 1. The average Bonchev–Trinajstić information content (AvgIpc) is 3.77. The second kappa shape index (κ2) is 10.9. The number of piperidine rings is 1. The number of nitrogens with zero attached hydrogens (tertiary/aromatic N) is 5. The lowest BCUT2D eigenvalue weighted by atomic mass is 9.78. The molecule has 1 saturated carbocycles. The first-order chi connectivity index (χ1) is 21.1. The van der Waals surface area contributed by atoms with E-state index >= 15 is 0 Å². The Morgan fingerprint density at radius 1 is 1.11 bits per heavy atom. The van der Waals surface area contributed by atoms with Gasteiger partial charge in [0, 0.05) is 47.7 Å². The van der Waals surface area contributed by atoms with Crippen LogP contribution in [-0.4, -0.2) is 48.4 Å². The molecule has 1 amide bonds. The molecule has 0 spiro atoms. The molecule has 0 bridgehead atoms. The van der Waals surface area contributed by atoms with Gasteiger partial charge in [0.15, 0.2) is 0 Å². The number of amides is 1. The number of anilines is 1. The summed E-state index contributed by atoms with van der Waals surface area (Å²) in [5.41, 5.74) is 10.2. The van der Waals surface area contributed by atoms with Crippen molar-refractivity contribution in [3.8, 4) is 11.3 Å². The molecule has 4 N–H and O–H groups in total. The van der Waals surface area contributed by atoms with Crippen molar-refractivity contribution in [2.75, 3.05) is 12.3 Å². The molecule has 1 saturated heterocycles. The molecule has 2 unspecified atom stereocenters. The number of hydrogen-bond acceptors (Lipinski definition) is 6. The van der Waals surface area contributed by atoms with Gasteiger partial charge >= 0.3 is 6.18 Å². The summed E-state index contributed by atoms with van der Waals surface area (Å²) in [4.78, 5) is 23.0. The number of rotatable bonds is 5. The molecular weight excluding hydrogens is 569 g/mol. The maximum atomic E-state index is 13.8. The van der Waals surface area contributed by atoms with Crippen LogP contribution in [0, 0.1) is 11.8 Å². The van der Waals surface area contributed by atoms with Gasteiger partial charge in [-0.25, -0.2) is 9.97 Å². The average molecular weight is 607 g/mol. The van der Waals surface area contributed by atoms with Gasteiger partial charge in [-0.05, 0) is 69.5 Å². The maximum Gasteiger partial charge on any atom is 0.392 e. The smallest absolute Gasteiger partial charge is 0.382 e. The lowest BCUT2D eigenvalue weighted by Gasteiger charge is -2.47. The highest BCUT2D eigenvalue weighted by Crippen LogP contribution is 2.44. The van der Waals surface area contributed by atoms with Crippen LogP contribution < -0.4 is 16.4 Å². The zero-order valence-electron chi connectivity index (χ0n) is 24.7. The molecule has 4 heterocycles. The van der Waals surface area contributed by atoms with Gasteiger partial charge in [0.2, 0.25) is 0 Å². The number of imidazole rings is 1. The molecule has 3 atom stereocenters. The van der Waals surface area contributed by atoms with Crippen molar-refractivity contribution in [1.82, 2.24) is 34.8 Å². The number of aryl methyl sites for hydroxylation is 1. The summed E-state index contributed by atoms with van der Waals surface area (Å²) < 4.78 is 45.4. The lowest BCUT2D eigenvalue weighted by molar-refractivity contribution is -0.191. The van der Waals surface area contributed by atoms with E-state index in [1.54, 1.807) is 18.3 Å². The SMILES string of the molecule is Cn1ncc2c1CCC[C@@H]2c1nc(-c2ccc(C(=O)NC3(C4CCCC4)CC(C(F)(F)F)CCN3)cc2)c2c(N)nccn12. The van der Waals surface area contributed by atoms with E-state index in [4.69, 9.17) is 10.7 Å². The quantitative estimate of drug-likeness (QED) is 0.282. The van der Waals surface area contributed by atoms with Gasteiger partial charge < -0.3 is 11.1 Å². The summed E-state index contributed by atoms with van der Waals surface area (Å²) >= 11 is 0. The molecular formula is C32H37F3N8O. The summed E-state index contributed by atoms with van der Waals surface area (Å²) in [6, 6.07) is 7.04. The lowest BCUT2D eigenvalue weighted by Crippen LogP contribution is -2.67. The number of aromatic nitrogens is 5. The van der Waals surface area contributed by atoms with Crippen molar-refractivity contribution >= 4 is 17.2 Å². The Balaban J connectivity index is 1.20. The second-order valence-corrected chi connectivity index (χ2v) is 12.6. The summed E-state index contributed by atoms with van der Waals surface area (Å²) in [5, 5.41) is 10.8. The minimum atomic E-state index is -4.29. The highest BCUT2D eigenvalue weighted by Gasteiger charge is 2.51. The summed E-state index contributed by atoms with van der Waals surface area (Å²) in [6.07, 6.45) is 7.47. The molecule has 7 rings (SSSR count). The van der Waals surface area contributed by atoms with Crippen LogP contribution in [0.4, 0.5) is 19.0 Å². The van der Waals surface area contributed by atoms with Crippen molar-refractivity contribution in [3.63, 3.8) is 0 Å². The highest BCUT2D eigenvalue weighted by molar-refractivity contribution is 5.95. The number of nitrogen functional groups attached to an aromatic ring is 1. The zero-order valence-corrected chi connectivity index (χ0v) is 24.7. The third-order valence-corrected chi connectivity index (χ3v) is 10.1. The number of alkyl halides is 3. The van der Waals surface area contributed by atoms with Crippen molar-refractivity contribution in [1.29, 1.82) is 0 Å². The first-order valence-electron chi connectivity index (χ1n) is 15.5. The Bertz CT molecular complexity index is 1690. The van der Waals surface area contributed by atoms with E-state index in [1.807, 2.05) is 40.7 Å². The summed E-state index contributed by atoms with van der Waals surface area (Å²) in [5.74, 6) is -0.604. The molecule has 3 aliphatic rings. The standard InChI is InChI=1S/C32H37F3N8O/c1-42-25-8-4-7-23(24(25)18-39-42)29-40-26(27-28(36)37-15-16-43(27)29)19-9-11-20(12-10-19)30(44)41-31(21-5-2-3-6-21)17-22(13-14-38-31)32(33,34)35/h9-12,15-16,18,21-23,38H,2-8,13-14,17H2,1H3,(H2,36,37)(H,41,44)/t22?,23-,31?/m0/s1. The number of nitrogens with one attached hydrogen (secondary N) is 2. The van der Waals surface area contributed by atoms with E-state index in [-0.39, 0.29) is 37.1 Å². The van der Waals surface area contributed by atoms with E-state index < -0.39 is 17.8 Å². The number of hydrogen-bond donors (Lipinski definition) is 3. The molecule has 232 valence electrons. The predicted octanol–water partition coefficient (Wildman–Crippen LogP) is 5.36. The fraction of sp³-hybridized carbons (Fsp3) is 0.500. The molecule has 0 radical (unpaired) electrons. The molecule has 1 aliphatic heterocycles. The Morgan fingerprint density at radius 2 is 1.89 bits per heavy atom. The van der Waals surface area contributed by atoms with Crippen LogP contribution >= 0.6 is 0 Å². The van der Waals surface area contributed by atoms with Gasteiger partial charge in [-0.2, -0.15) is 18.3 Å². The third-order valence-electron chi connectivity index (χ3n) is 10.1. The monoisotopic (exact) mass is 606 g/mol.